The average molecular weight is 433 g/mol. The molecule has 0 aliphatic carbocycles. The molecule has 0 aromatic carbocycles. The number of aliphatic hydroxyl groups is 2. The van der Waals surface area contributed by atoms with Crippen LogP contribution in [0.25, 0.3) is 0 Å². The number of aliphatic carboxylic acids is 2. The Kier molecular flexibility index (Phi) is 10.8. The maximum Gasteiger partial charge on any atom is 0.144 e. The van der Waals surface area contributed by atoms with Crippen molar-refractivity contribution in [2.75, 3.05) is 55.4 Å². The first-order chi connectivity index (χ1) is 13.5. The zero-order valence-electron chi connectivity index (χ0n) is 18.8. The average Bonchev–Trinajstić information content (AvgIpc) is 2.47. The number of likely N-dealkylation sites (N-methyl/N-ethyl adjacent to an activating group) is 2. The Morgan fingerprint density at radius 1 is 0.667 bits per heavy atom. The Morgan fingerprint density at radius 3 is 1.13 bits per heavy atom. The maximum atomic E-state index is 12.2. The van der Waals surface area contributed by atoms with Crippen LogP contribution in [0, 0.1) is 11.8 Å². The molecule has 0 aromatic rings. The largest absolute Gasteiger partial charge is 0.549 e. The van der Waals surface area contributed by atoms with Crippen molar-refractivity contribution in [3.05, 3.63) is 0 Å². The standard InChI is InChI=1S/C20H36N2O8/c1-21(2,3)11-15(25)17(19(27)28)13(23)9-7-8-10-14(24)18(20(29)30)16(26)12-22(4,5)6/h15-18,25-26H,7-12H2,1-6H3. The summed E-state index contributed by atoms with van der Waals surface area (Å²) in [6.45, 7) is 0.0840. The minimum absolute atomic E-state index is 0.0420. The van der Waals surface area contributed by atoms with Gasteiger partial charge in [0.2, 0.25) is 0 Å². The summed E-state index contributed by atoms with van der Waals surface area (Å²) in [5, 5.41) is 42.8. The number of carboxylic acids is 2. The fourth-order valence-corrected chi connectivity index (χ4v) is 3.25. The lowest BCUT2D eigenvalue weighted by atomic mass is 9.91. The van der Waals surface area contributed by atoms with Crippen LogP contribution in [0.4, 0.5) is 0 Å². The molecule has 0 radical (unpaired) electrons. The minimum atomic E-state index is -1.67. The van der Waals surface area contributed by atoms with Gasteiger partial charge in [-0.25, -0.2) is 0 Å². The third-order valence-corrected chi connectivity index (χ3v) is 4.54. The van der Waals surface area contributed by atoms with E-state index in [1.807, 2.05) is 0 Å². The Labute approximate surface area is 177 Å². The summed E-state index contributed by atoms with van der Waals surface area (Å²) in [6, 6.07) is 0. The highest BCUT2D eigenvalue weighted by molar-refractivity contribution is 5.99. The van der Waals surface area contributed by atoms with Crippen LogP contribution in [-0.4, -0.2) is 110 Å². The molecule has 0 bridgehead atoms. The summed E-state index contributed by atoms with van der Waals surface area (Å²) in [5.74, 6) is -8.05. The van der Waals surface area contributed by atoms with Crippen LogP contribution in [-0.2, 0) is 19.2 Å². The van der Waals surface area contributed by atoms with Gasteiger partial charge in [-0.05, 0) is 12.8 Å². The topological polar surface area (TPSA) is 155 Å². The zero-order chi connectivity index (χ0) is 23.9. The van der Waals surface area contributed by atoms with Crippen LogP contribution in [0.15, 0.2) is 0 Å². The first kappa shape index (κ1) is 28.1. The molecule has 0 fully saturated rings. The van der Waals surface area contributed by atoms with Crippen molar-refractivity contribution >= 4 is 23.5 Å². The molecule has 0 heterocycles. The molecular formula is C20H36N2O8. The van der Waals surface area contributed by atoms with Crippen molar-refractivity contribution in [1.82, 2.24) is 0 Å². The van der Waals surface area contributed by atoms with Crippen molar-refractivity contribution < 1.29 is 48.6 Å². The molecule has 0 aromatic heterocycles. The third-order valence-electron chi connectivity index (χ3n) is 4.54. The number of hydrogen-bond acceptors (Lipinski definition) is 8. The highest BCUT2D eigenvalue weighted by Gasteiger charge is 2.33. The number of carboxylic acid groups (broad SMARTS) is 2. The minimum Gasteiger partial charge on any atom is -0.549 e. The summed E-state index contributed by atoms with van der Waals surface area (Å²) in [7, 11) is 10.5. The van der Waals surface area contributed by atoms with E-state index in [-0.39, 0.29) is 47.7 Å². The highest BCUT2D eigenvalue weighted by Crippen LogP contribution is 2.16. The smallest absolute Gasteiger partial charge is 0.144 e. The van der Waals surface area contributed by atoms with Crippen LogP contribution < -0.4 is 10.2 Å². The number of Topliss-reactive ketones (excluding diaryl/α,β-unsaturated/α-hetero) is 2. The summed E-state index contributed by atoms with van der Waals surface area (Å²) >= 11 is 0. The fraction of sp³-hybridized carbons (Fsp3) is 0.800. The van der Waals surface area contributed by atoms with E-state index in [9.17, 15) is 39.6 Å². The monoisotopic (exact) mass is 432 g/mol. The normalized spacial score (nSPS) is 16.4. The second-order valence-corrected chi connectivity index (χ2v) is 9.81. The Balaban J connectivity index is 4.78. The third kappa shape index (κ3) is 10.8. The molecule has 0 saturated heterocycles. The van der Waals surface area contributed by atoms with Crippen molar-refractivity contribution in [3.8, 4) is 0 Å². The van der Waals surface area contributed by atoms with Gasteiger partial charge in [0.1, 0.15) is 36.9 Å². The molecule has 0 aliphatic rings. The first-order valence-electron chi connectivity index (χ1n) is 9.90. The van der Waals surface area contributed by atoms with Crippen molar-refractivity contribution in [1.29, 1.82) is 0 Å². The molecule has 10 nitrogen and oxygen atoms in total. The predicted molar refractivity (Wildman–Crippen MR) is 103 cm³/mol. The van der Waals surface area contributed by atoms with E-state index in [4.69, 9.17) is 0 Å². The molecule has 174 valence electrons. The van der Waals surface area contributed by atoms with E-state index < -0.39 is 47.5 Å². The van der Waals surface area contributed by atoms with Gasteiger partial charge in [-0.2, -0.15) is 0 Å². The molecule has 4 unspecified atom stereocenters. The number of carbonyl (C=O) groups excluding carboxylic acids is 4. The van der Waals surface area contributed by atoms with Crippen LogP contribution in [0.3, 0.4) is 0 Å². The van der Waals surface area contributed by atoms with Gasteiger partial charge in [0.05, 0.1) is 66.1 Å². The van der Waals surface area contributed by atoms with Gasteiger partial charge in [0.15, 0.2) is 0 Å². The van der Waals surface area contributed by atoms with E-state index in [0.29, 0.717) is 0 Å². The van der Waals surface area contributed by atoms with Crippen LogP contribution >= 0.6 is 0 Å². The quantitative estimate of drug-likeness (QED) is 0.154. The van der Waals surface area contributed by atoms with Crippen molar-refractivity contribution in [2.24, 2.45) is 11.8 Å². The number of rotatable bonds is 15. The fourth-order valence-electron chi connectivity index (χ4n) is 3.25. The van der Waals surface area contributed by atoms with Crippen LogP contribution in [0.2, 0.25) is 0 Å². The Bertz CT molecular complexity index is 567. The van der Waals surface area contributed by atoms with Crippen molar-refractivity contribution in [2.45, 2.75) is 37.9 Å². The van der Waals surface area contributed by atoms with Crippen molar-refractivity contribution in [3.63, 3.8) is 0 Å². The maximum absolute atomic E-state index is 12.2. The summed E-state index contributed by atoms with van der Waals surface area (Å²) in [5.41, 5.74) is 0. The van der Waals surface area contributed by atoms with E-state index >= 15 is 0 Å². The summed E-state index contributed by atoms with van der Waals surface area (Å²) < 4.78 is 0.514. The number of carbonyl (C=O) groups is 4. The molecule has 0 aliphatic heterocycles. The van der Waals surface area contributed by atoms with E-state index in [1.165, 1.54) is 0 Å². The van der Waals surface area contributed by atoms with Gasteiger partial charge in [0.25, 0.3) is 0 Å². The number of hydrogen-bond donors (Lipinski definition) is 2. The molecule has 0 rings (SSSR count). The van der Waals surface area contributed by atoms with Gasteiger partial charge in [0, 0.05) is 12.8 Å². The van der Waals surface area contributed by atoms with Gasteiger partial charge in [-0.3, -0.25) is 9.59 Å². The molecule has 4 atom stereocenters. The Morgan fingerprint density at radius 2 is 0.933 bits per heavy atom. The molecular weight excluding hydrogens is 396 g/mol. The summed E-state index contributed by atoms with van der Waals surface area (Å²) in [6.07, 6.45) is -2.93. The number of ketones is 2. The van der Waals surface area contributed by atoms with Gasteiger partial charge in [-0.15, -0.1) is 0 Å². The summed E-state index contributed by atoms with van der Waals surface area (Å²) in [4.78, 5) is 47.1. The number of quaternary nitrogens is 2. The second-order valence-electron chi connectivity index (χ2n) is 9.81. The van der Waals surface area contributed by atoms with Crippen LogP contribution in [0.1, 0.15) is 25.7 Å². The predicted octanol–water partition coefficient (Wildman–Crippen LogP) is -3.45. The van der Waals surface area contributed by atoms with Gasteiger partial charge < -0.3 is 39.0 Å². The zero-order valence-corrected chi connectivity index (χ0v) is 18.8. The Hall–Kier alpha value is -1.88. The van der Waals surface area contributed by atoms with Gasteiger partial charge >= 0.3 is 0 Å². The number of nitrogens with zero attached hydrogens (tertiary/aromatic N) is 2. The first-order valence-corrected chi connectivity index (χ1v) is 9.90. The lowest BCUT2D eigenvalue weighted by Crippen LogP contribution is -2.51. The number of unbranched alkanes of at least 4 members (excludes halogenated alkanes) is 1. The van der Waals surface area contributed by atoms with E-state index in [2.05, 4.69) is 0 Å². The van der Waals surface area contributed by atoms with Gasteiger partial charge in [-0.1, -0.05) is 0 Å². The molecule has 0 amide bonds. The molecule has 30 heavy (non-hydrogen) atoms. The molecule has 2 N–H and O–H groups in total. The number of aliphatic hydroxyl groups excluding tert-OH is 2. The lowest BCUT2D eigenvalue weighted by Gasteiger charge is -2.31. The van der Waals surface area contributed by atoms with Crippen LogP contribution in [0.5, 0.6) is 0 Å². The van der Waals surface area contributed by atoms with E-state index in [1.54, 1.807) is 42.3 Å². The lowest BCUT2D eigenvalue weighted by molar-refractivity contribution is -0.873. The SMILES string of the molecule is C[N+](C)(C)CC(O)C(C(=O)[O-])C(=O)CCCCC(=O)C(C(=O)[O-])C(O)C[N+](C)(C)C. The molecule has 0 saturated carbocycles. The highest BCUT2D eigenvalue weighted by atomic mass is 16.4. The molecule has 0 spiro atoms. The van der Waals surface area contributed by atoms with E-state index in [0.717, 1.165) is 0 Å². The molecule has 10 heteroatoms. The second kappa shape index (κ2) is 11.5.